The third kappa shape index (κ3) is 6.47. The number of nitrogens with one attached hydrogen (secondary N) is 2. The lowest BCUT2D eigenvalue weighted by Gasteiger charge is -2.46. The van der Waals surface area contributed by atoms with Gasteiger partial charge in [0.1, 0.15) is 12.2 Å². The molecule has 6 rings (SSSR count). The van der Waals surface area contributed by atoms with Crippen LogP contribution in [-0.2, 0) is 40.0 Å². The average molecular weight is 627 g/mol. The van der Waals surface area contributed by atoms with Crippen molar-refractivity contribution in [2.75, 3.05) is 24.9 Å². The lowest BCUT2D eigenvalue weighted by Crippen LogP contribution is -2.65. The summed E-state index contributed by atoms with van der Waals surface area (Å²) in [5, 5.41) is 8.18. The zero-order valence-corrected chi connectivity index (χ0v) is 25.6. The van der Waals surface area contributed by atoms with Crippen LogP contribution in [0.25, 0.3) is 10.8 Å². The molecule has 232 valence electrons. The third-order valence-electron chi connectivity index (χ3n) is 8.38. The van der Waals surface area contributed by atoms with Crippen molar-refractivity contribution < 1.29 is 22.8 Å². The predicted molar refractivity (Wildman–Crippen MR) is 171 cm³/mol. The van der Waals surface area contributed by atoms with Gasteiger partial charge in [0.15, 0.2) is 0 Å². The molecule has 2 aliphatic heterocycles. The van der Waals surface area contributed by atoms with E-state index in [1.54, 1.807) is 46.1 Å². The average Bonchev–Trinajstić information content (AvgIpc) is 3.38. The number of thiol groups is 1. The molecular formula is C33H34N6O5S. The number of piperazine rings is 1. The van der Waals surface area contributed by atoms with Gasteiger partial charge in [0.2, 0.25) is 22.7 Å². The first-order valence-corrected chi connectivity index (χ1v) is 15.8. The Kier molecular flexibility index (Phi) is 8.67. The fourth-order valence-electron chi connectivity index (χ4n) is 6.13. The highest BCUT2D eigenvalue weighted by Crippen LogP contribution is 2.31. The van der Waals surface area contributed by atoms with Crippen molar-refractivity contribution in [3.63, 3.8) is 0 Å². The van der Waals surface area contributed by atoms with Crippen LogP contribution in [0.15, 0.2) is 97.1 Å². The molecule has 0 aromatic heterocycles. The topological polar surface area (TPSA) is 122 Å². The zero-order valence-electron chi connectivity index (χ0n) is 24.7. The molecule has 2 aliphatic rings. The summed E-state index contributed by atoms with van der Waals surface area (Å²) in [4.78, 5) is 44.4. The van der Waals surface area contributed by atoms with E-state index >= 15 is 0 Å². The van der Waals surface area contributed by atoms with Crippen LogP contribution in [0.2, 0.25) is 0 Å². The van der Waals surface area contributed by atoms with E-state index in [1.165, 1.54) is 5.01 Å². The van der Waals surface area contributed by atoms with Gasteiger partial charge in [-0.05, 0) is 39.6 Å². The van der Waals surface area contributed by atoms with Crippen LogP contribution in [0.1, 0.15) is 16.7 Å². The van der Waals surface area contributed by atoms with Crippen LogP contribution in [0.5, 0.6) is 0 Å². The fourth-order valence-corrected chi connectivity index (χ4v) is 6.49. The maximum absolute atomic E-state index is 14.2. The molecule has 2 heterocycles. The van der Waals surface area contributed by atoms with E-state index in [1.807, 2.05) is 72.8 Å². The molecule has 0 radical (unpaired) electrons. The first-order valence-electron chi connectivity index (χ1n) is 14.7. The molecule has 0 saturated carbocycles. The predicted octanol–water partition coefficient (Wildman–Crippen LogP) is 2.96. The monoisotopic (exact) mass is 626 g/mol. The molecule has 11 nitrogen and oxygen atoms in total. The van der Waals surface area contributed by atoms with Crippen LogP contribution in [-0.4, -0.2) is 78.4 Å². The Morgan fingerprint density at radius 2 is 1.60 bits per heavy atom. The van der Waals surface area contributed by atoms with Gasteiger partial charge in [-0.25, -0.2) is 13.2 Å². The number of urea groups is 1. The van der Waals surface area contributed by atoms with Gasteiger partial charge in [-0.1, -0.05) is 84.9 Å². The van der Waals surface area contributed by atoms with E-state index in [2.05, 4.69) is 10.0 Å². The summed E-state index contributed by atoms with van der Waals surface area (Å²) in [7, 11) is -1.18. The van der Waals surface area contributed by atoms with Crippen molar-refractivity contribution in [2.45, 2.75) is 31.7 Å². The van der Waals surface area contributed by atoms with Crippen molar-refractivity contribution in [1.82, 2.24) is 25.1 Å². The Morgan fingerprint density at radius 3 is 2.36 bits per heavy atom. The quantitative estimate of drug-likeness (QED) is 0.246. The van der Waals surface area contributed by atoms with Gasteiger partial charge in [-0.2, -0.15) is 5.01 Å². The van der Waals surface area contributed by atoms with E-state index in [0.717, 1.165) is 27.5 Å². The lowest BCUT2D eigenvalue weighted by atomic mass is 9.99. The SMILES string of the molecule is CN(C(=O)NCc1ccccc1)N1CC(=O)N2[C@@H](Cc3ccc(N[SH](=O)=O)cc3)C(=O)N(Cc3cccc4ccccc34)C[C@@H]21. The van der Waals surface area contributed by atoms with Crippen molar-refractivity contribution in [1.29, 1.82) is 0 Å². The fraction of sp³-hybridized carbons (Fsp3) is 0.242. The van der Waals surface area contributed by atoms with Crippen LogP contribution in [0.4, 0.5) is 10.5 Å². The largest absolute Gasteiger partial charge is 0.333 e. The van der Waals surface area contributed by atoms with Gasteiger partial charge < -0.3 is 15.1 Å². The molecule has 0 aliphatic carbocycles. The van der Waals surface area contributed by atoms with Crippen LogP contribution in [0.3, 0.4) is 0 Å². The molecule has 2 saturated heterocycles. The number of carbonyl (C=O) groups excluding carboxylic acids is 3. The summed E-state index contributed by atoms with van der Waals surface area (Å²) in [5.41, 5.74) is 3.12. The van der Waals surface area contributed by atoms with Crippen molar-refractivity contribution in [3.8, 4) is 0 Å². The molecule has 2 fully saturated rings. The molecule has 0 spiro atoms. The lowest BCUT2D eigenvalue weighted by molar-refractivity contribution is -0.157. The molecule has 2 atom stereocenters. The molecule has 45 heavy (non-hydrogen) atoms. The molecular weight excluding hydrogens is 592 g/mol. The first-order chi connectivity index (χ1) is 21.8. The van der Waals surface area contributed by atoms with Crippen molar-refractivity contribution >= 4 is 45.2 Å². The summed E-state index contributed by atoms with van der Waals surface area (Å²) >= 11 is 0. The Bertz CT molecular complexity index is 1790. The number of hydrogen-bond acceptors (Lipinski definition) is 6. The third-order valence-corrected chi connectivity index (χ3v) is 8.82. The van der Waals surface area contributed by atoms with Gasteiger partial charge in [0, 0.05) is 32.2 Å². The second-order valence-corrected chi connectivity index (χ2v) is 11.9. The smallest absolute Gasteiger partial charge is 0.332 e. The Morgan fingerprint density at radius 1 is 0.889 bits per heavy atom. The maximum Gasteiger partial charge on any atom is 0.332 e. The van der Waals surface area contributed by atoms with Gasteiger partial charge >= 0.3 is 6.03 Å². The highest BCUT2D eigenvalue weighted by Gasteiger charge is 2.51. The molecule has 12 heteroatoms. The Balaban J connectivity index is 1.28. The summed E-state index contributed by atoms with van der Waals surface area (Å²) in [6.45, 7) is 0.845. The highest BCUT2D eigenvalue weighted by molar-refractivity contribution is 7.73. The minimum atomic E-state index is -2.81. The van der Waals surface area contributed by atoms with Gasteiger partial charge in [0.25, 0.3) is 0 Å². The standard InChI is InChI=1S/C33H34N6O5S/c1-36(33(42)34-19-24-8-3-2-4-9-24)38-22-31(40)39-29(18-23-14-16-27(17-15-23)35-45(43)44)32(41)37(21-30(38)39)20-26-12-7-11-25-10-5-6-13-28(25)26/h2-17,29-30,45H,18-22H2,1H3,(H,34,42)(H,35,43,44)/t29-,30+/m0/s1. The second kappa shape index (κ2) is 13.0. The number of benzene rings is 4. The van der Waals surface area contributed by atoms with E-state index in [9.17, 15) is 22.8 Å². The summed E-state index contributed by atoms with van der Waals surface area (Å²) in [6, 6.07) is 29.1. The number of nitrogens with zero attached hydrogens (tertiary/aromatic N) is 4. The highest BCUT2D eigenvalue weighted by atomic mass is 32.2. The Labute approximate surface area is 263 Å². The molecule has 4 aromatic rings. The van der Waals surface area contributed by atoms with Gasteiger partial charge in [-0.3, -0.25) is 19.3 Å². The van der Waals surface area contributed by atoms with Crippen LogP contribution < -0.4 is 10.0 Å². The minimum Gasteiger partial charge on any atom is -0.333 e. The number of hydrazine groups is 1. The Hall–Kier alpha value is -4.94. The molecule has 4 amide bonds. The van der Waals surface area contributed by atoms with E-state index in [4.69, 9.17) is 0 Å². The van der Waals surface area contributed by atoms with E-state index < -0.39 is 23.1 Å². The van der Waals surface area contributed by atoms with Gasteiger partial charge in [-0.15, -0.1) is 0 Å². The van der Waals surface area contributed by atoms with Crippen LogP contribution >= 0.6 is 0 Å². The molecule has 0 bridgehead atoms. The van der Waals surface area contributed by atoms with Crippen LogP contribution in [0, 0.1) is 0 Å². The van der Waals surface area contributed by atoms with Gasteiger partial charge in [0.05, 0.1) is 13.1 Å². The number of anilines is 1. The number of fused-ring (bicyclic) bond motifs is 2. The maximum atomic E-state index is 14.2. The van der Waals surface area contributed by atoms with E-state index in [-0.39, 0.29) is 37.4 Å². The van der Waals surface area contributed by atoms with E-state index in [0.29, 0.717) is 18.8 Å². The van der Waals surface area contributed by atoms with Crippen molar-refractivity contribution in [3.05, 3.63) is 114 Å². The normalized spacial score (nSPS) is 18.4. The molecule has 0 unspecified atom stereocenters. The number of hydrogen-bond donors (Lipinski definition) is 3. The van der Waals surface area contributed by atoms with Crippen molar-refractivity contribution in [2.24, 2.45) is 0 Å². The number of carbonyl (C=O) groups is 3. The summed E-state index contributed by atoms with van der Waals surface area (Å²) < 4.78 is 24.5. The molecule has 4 aromatic carbocycles. The number of rotatable bonds is 9. The summed E-state index contributed by atoms with van der Waals surface area (Å²) in [5.74, 6) is -0.428. The second-order valence-electron chi connectivity index (χ2n) is 11.2. The molecule has 2 N–H and O–H groups in total. The zero-order chi connectivity index (χ0) is 31.5. The minimum absolute atomic E-state index is 0.0504. The summed E-state index contributed by atoms with van der Waals surface area (Å²) in [6.07, 6.45) is -0.331. The number of amides is 4. The first kappa shape index (κ1) is 30.1.